The predicted molar refractivity (Wildman–Crippen MR) is 74.3 cm³/mol. The Morgan fingerprint density at radius 2 is 1.76 bits per heavy atom. The molecule has 2 fully saturated rings. The minimum absolute atomic E-state index is 0.931. The highest BCUT2D eigenvalue weighted by Gasteiger charge is 2.26. The molecular formula is C15H30N2. The monoisotopic (exact) mass is 238 g/mol. The highest BCUT2D eigenvalue weighted by Crippen LogP contribution is 2.26. The van der Waals surface area contributed by atoms with Crippen LogP contribution in [0.4, 0.5) is 0 Å². The summed E-state index contributed by atoms with van der Waals surface area (Å²) in [4.78, 5) is 2.63. The fourth-order valence-electron chi connectivity index (χ4n) is 3.17. The summed E-state index contributed by atoms with van der Waals surface area (Å²) in [5.74, 6) is 1.03. The van der Waals surface area contributed by atoms with E-state index in [0.29, 0.717) is 0 Å². The predicted octanol–water partition coefficient (Wildman–Crippen LogP) is 3.03. The lowest BCUT2D eigenvalue weighted by Gasteiger charge is -2.22. The Morgan fingerprint density at radius 3 is 2.41 bits per heavy atom. The molecule has 1 N–H and O–H groups in total. The summed E-state index contributed by atoms with van der Waals surface area (Å²) in [6.45, 7) is 7.21. The van der Waals surface area contributed by atoms with Crippen LogP contribution in [0.15, 0.2) is 0 Å². The molecule has 2 aliphatic rings. The first-order chi connectivity index (χ1) is 8.40. The van der Waals surface area contributed by atoms with Crippen molar-refractivity contribution < 1.29 is 0 Å². The number of rotatable bonds is 8. The van der Waals surface area contributed by atoms with Crippen molar-refractivity contribution in [3.63, 3.8) is 0 Å². The summed E-state index contributed by atoms with van der Waals surface area (Å²) in [7, 11) is 0. The van der Waals surface area contributed by atoms with Crippen molar-refractivity contribution in [3.05, 3.63) is 0 Å². The van der Waals surface area contributed by atoms with E-state index in [0.717, 1.165) is 12.0 Å². The molecule has 0 saturated heterocycles. The van der Waals surface area contributed by atoms with E-state index >= 15 is 0 Å². The zero-order valence-corrected chi connectivity index (χ0v) is 11.6. The van der Waals surface area contributed by atoms with Gasteiger partial charge in [-0.25, -0.2) is 0 Å². The van der Waals surface area contributed by atoms with E-state index in [1.165, 1.54) is 77.5 Å². The first-order valence-electron chi connectivity index (χ1n) is 7.85. The number of likely N-dealkylation sites (N-methyl/N-ethyl adjacent to an activating group) is 1. The Morgan fingerprint density at radius 1 is 1.00 bits per heavy atom. The second-order valence-corrected chi connectivity index (χ2v) is 5.90. The topological polar surface area (TPSA) is 15.3 Å². The van der Waals surface area contributed by atoms with Gasteiger partial charge in [-0.05, 0) is 38.3 Å². The zero-order valence-electron chi connectivity index (χ0n) is 11.6. The van der Waals surface area contributed by atoms with Crippen molar-refractivity contribution in [2.75, 3.05) is 26.2 Å². The lowest BCUT2D eigenvalue weighted by Crippen LogP contribution is -2.34. The minimum Gasteiger partial charge on any atom is -0.315 e. The Bertz CT molecular complexity index is 195. The molecule has 2 aliphatic carbocycles. The van der Waals surface area contributed by atoms with Crippen LogP contribution in [0, 0.1) is 5.92 Å². The molecule has 0 aromatic heterocycles. The molecule has 0 amide bonds. The second-order valence-electron chi connectivity index (χ2n) is 5.90. The van der Waals surface area contributed by atoms with Crippen LogP contribution in [0.2, 0.25) is 0 Å². The van der Waals surface area contributed by atoms with Gasteiger partial charge in [-0.15, -0.1) is 0 Å². The standard InChI is InChI=1S/C15H30N2/c1-2-17(15-8-9-15)13-12-16-11-10-14-6-4-3-5-7-14/h14-16H,2-13H2,1H3. The van der Waals surface area contributed by atoms with E-state index in [4.69, 9.17) is 0 Å². The van der Waals surface area contributed by atoms with Crippen molar-refractivity contribution in [1.29, 1.82) is 0 Å². The normalized spacial score (nSPS) is 22.2. The summed E-state index contributed by atoms with van der Waals surface area (Å²) in [5, 5.41) is 3.64. The van der Waals surface area contributed by atoms with Crippen LogP contribution in [0.3, 0.4) is 0 Å². The molecule has 2 rings (SSSR count). The van der Waals surface area contributed by atoms with E-state index in [-0.39, 0.29) is 0 Å². The van der Waals surface area contributed by atoms with Gasteiger partial charge in [-0.2, -0.15) is 0 Å². The lowest BCUT2D eigenvalue weighted by atomic mass is 9.87. The molecule has 17 heavy (non-hydrogen) atoms. The fourth-order valence-corrected chi connectivity index (χ4v) is 3.17. The summed E-state index contributed by atoms with van der Waals surface area (Å²) in [6, 6.07) is 0.931. The minimum atomic E-state index is 0.931. The molecule has 0 aromatic carbocycles. The van der Waals surface area contributed by atoms with Gasteiger partial charge in [-0.3, -0.25) is 4.90 Å². The number of hydrogen-bond acceptors (Lipinski definition) is 2. The van der Waals surface area contributed by atoms with Gasteiger partial charge in [0.25, 0.3) is 0 Å². The Labute approximate surface area is 107 Å². The maximum atomic E-state index is 3.64. The molecule has 2 heteroatoms. The quantitative estimate of drug-likeness (QED) is 0.654. The molecular weight excluding hydrogens is 208 g/mol. The van der Waals surface area contributed by atoms with Crippen molar-refractivity contribution in [1.82, 2.24) is 10.2 Å². The smallest absolute Gasteiger partial charge is 0.0110 e. The molecule has 0 unspecified atom stereocenters. The van der Waals surface area contributed by atoms with Crippen LogP contribution in [0.1, 0.15) is 58.3 Å². The van der Waals surface area contributed by atoms with Gasteiger partial charge in [0.2, 0.25) is 0 Å². The summed E-state index contributed by atoms with van der Waals surface area (Å²) in [5.41, 5.74) is 0. The largest absolute Gasteiger partial charge is 0.315 e. The summed E-state index contributed by atoms with van der Waals surface area (Å²) < 4.78 is 0. The Hall–Kier alpha value is -0.0800. The van der Waals surface area contributed by atoms with Crippen molar-refractivity contribution in [2.24, 2.45) is 5.92 Å². The lowest BCUT2D eigenvalue weighted by molar-refractivity contribution is 0.273. The van der Waals surface area contributed by atoms with Gasteiger partial charge in [0.1, 0.15) is 0 Å². The first-order valence-corrected chi connectivity index (χ1v) is 7.85. The summed E-state index contributed by atoms with van der Waals surface area (Å²) in [6.07, 6.45) is 11.7. The highest BCUT2D eigenvalue weighted by molar-refractivity contribution is 4.84. The number of hydrogen-bond donors (Lipinski definition) is 1. The van der Waals surface area contributed by atoms with E-state index < -0.39 is 0 Å². The molecule has 0 spiro atoms. The highest BCUT2D eigenvalue weighted by atomic mass is 15.2. The summed E-state index contributed by atoms with van der Waals surface area (Å²) >= 11 is 0. The number of nitrogens with one attached hydrogen (secondary N) is 1. The van der Waals surface area contributed by atoms with Gasteiger partial charge in [0.05, 0.1) is 0 Å². The number of nitrogens with zero attached hydrogens (tertiary/aromatic N) is 1. The molecule has 0 aromatic rings. The van der Waals surface area contributed by atoms with Gasteiger partial charge in [0, 0.05) is 19.1 Å². The molecule has 2 nitrogen and oxygen atoms in total. The first kappa shape index (κ1) is 13.4. The van der Waals surface area contributed by atoms with Crippen LogP contribution < -0.4 is 5.32 Å². The van der Waals surface area contributed by atoms with E-state index in [2.05, 4.69) is 17.1 Å². The maximum absolute atomic E-state index is 3.64. The zero-order chi connectivity index (χ0) is 11.9. The van der Waals surface area contributed by atoms with Crippen LogP contribution in [-0.2, 0) is 0 Å². The molecule has 0 atom stereocenters. The van der Waals surface area contributed by atoms with E-state index in [9.17, 15) is 0 Å². The molecule has 0 heterocycles. The fraction of sp³-hybridized carbons (Fsp3) is 1.00. The molecule has 0 bridgehead atoms. The average Bonchev–Trinajstić information content (AvgIpc) is 3.19. The van der Waals surface area contributed by atoms with Gasteiger partial charge < -0.3 is 5.32 Å². The molecule has 100 valence electrons. The maximum Gasteiger partial charge on any atom is 0.0110 e. The SMILES string of the molecule is CCN(CCNCCC1CCCCC1)C1CC1. The van der Waals surface area contributed by atoms with E-state index in [1.54, 1.807) is 0 Å². The van der Waals surface area contributed by atoms with Gasteiger partial charge >= 0.3 is 0 Å². The van der Waals surface area contributed by atoms with Gasteiger partial charge in [0.15, 0.2) is 0 Å². The van der Waals surface area contributed by atoms with Gasteiger partial charge in [-0.1, -0.05) is 39.0 Å². The third kappa shape index (κ3) is 4.97. The third-order valence-electron chi connectivity index (χ3n) is 4.50. The molecule has 0 aliphatic heterocycles. The Balaban J connectivity index is 1.45. The van der Waals surface area contributed by atoms with Crippen molar-refractivity contribution in [2.45, 2.75) is 64.3 Å². The van der Waals surface area contributed by atoms with Crippen LogP contribution >= 0.6 is 0 Å². The van der Waals surface area contributed by atoms with Crippen LogP contribution in [0.25, 0.3) is 0 Å². The van der Waals surface area contributed by atoms with Crippen molar-refractivity contribution in [3.8, 4) is 0 Å². The molecule has 0 radical (unpaired) electrons. The molecule has 2 saturated carbocycles. The van der Waals surface area contributed by atoms with Crippen LogP contribution in [-0.4, -0.2) is 37.1 Å². The Kier molecular flexibility index (Phi) is 5.79. The third-order valence-corrected chi connectivity index (χ3v) is 4.50. The van der Waals surface area contributed by atoms with Crippen LogP contribution in [0.5, 0.6) is 0 Å². The second kappa shape index (κ2) is 7.38. The van der Waals surface area contributed by atoms with Crippen molar-refractivity contribution >= 4 is 0 Å². The average molecular weight is 238 g/mol. The van der Waals surface area contributed by atoms with E-state index in [1.807, 2.05) is 0 Å².